The smallest absolute Gasteiger partial charge is 0.393 e. The average Bonchev–Trinajstić information content (AvgIpc) is 2.58. The molecule has 2 aliphatic carbocycles. The van der Waals surface area contributed by atoms with Crippen molar-refractivity contribution < 1.29 is 36.6 Å². The van der Waals surface area contributed by atoms with Gasteiger partial charge in [0.25, 0.3) is 0 Å². The number of hydrogen-bond acceptors (Lipinski definition) is 3. The topological polar surface area (TPSA) is 46.5 Å². The van der Waals surface area contributed by atoms with Gasteiger partial charge in [0.15, 0.2) is 5.78 Å². The highest BCUT2D eigenvalue weighted by atomic mass is 19.4. The number of aliphatic hydroxyl groups is 1. The summed E-state index contributed by atoms with van der Waals surface area (Å²) in [4.78, 5) is 12.1. The highest BCUT2D eigenvalue weighted by Gasteiger charge is 2.57. The van der Waals surface area contributed by atoms with Gasteiger partial charge in [0, 0.05) is 5.92 Å². The highest BCUT2D eigenvalue weighted by molar-refractivity contribution is 5.91. The van der Waals surface area contributed by atoms with Crippen LogP contribution in [0.5, 0.6) is 0 Å². The molecule has 2 fully saturated rings. The molecular weight excluding hydrogens is 359 g/mol. The summed E-state index contributed by atoms with van der Waals surface area (Å²) in [7, 11) is 0. The number of carbonyl (C=O) groups excluding carboxylic acids is 1. The summed E-state index contributed by atoms with van der Waals surface area (Å²) in [5.74, 6) is -4.74. The molecule has 0 radical (unpaired) electrons. The molecule has 2 aliphatic rings. The number of halogens is 5. The van der Waals surface area contributed by atoms with Crippen LogP contribution >= 0.6 is 0 Å². The standard InChI is InChI=1S/C18H25F5O3/c19-17(20,18(21,22)23)11-26-15-8-1-12(2-9-15)3-10-16(25)13-4-6-14(24)7-5-13/h3,10,12-15,24H,1-2,4-9,11H2/b10-3+. The molecule has 150 valence electrons. The fourth-order valence-electron chi connectivity index (χ4n) is 3.48. The maximum Gasteiger partial charge on any atom is 0.455 e. The molecule has 2 rings (SSSR count). The molecule has 0 amide bonds. The van der Waals surface area contributed by atoms with Gasteiger partial charge in [0.1, 0.15) is 6.61 Å². The zero-order valence-corrected chi connectivity index (χ0v) is 14.5. The minimum absolute atomic E-state index is 0.0418. The number of rotatable bonds is 6. The molecule has 0 atom stereocenters. The van der Waals surface area contributed by atoms with Crippen LogP contribution in [-0.2, 0) is 9.53 Å². The van der Waals surface area contributed by atoms with Gasteiger partial charge in [-0.25, -0.2) is 0 Å². The molecule has 0 aromatic carbocycles. The molecule has 0 aromatic rings. The lowest BCUT2D eigenvalue weighted by molar-refractivity contribution is -0.300. The molecule has 0 bridgehead atoms. The lowest BCUT2D eigenvalue weighted by atomic mass is 9.83. The number of carbonyl (C=O) groups is 1. The van der Waals surface area contributed by atoms with E-state index in [1.807, 2.05) is 6.08 Å². The van der Waals surface area contributed by atoms with Crippen LogP contribution in [0.25, 0.3) is 0 Å². The third kappa shape index (κ3) is 6.01. The van der Waals surface area contributed by atoms with Crippen LogP contribution in [0.15, 0.2) is 12.2 Å². The lowest BCUT2D eigenvalue weighted by Crippen LogP contribution is -2.42. The number of aliphatic hydroxyl groups excluding tert-OH is 1. The van der Waals surface area contributed by atoms with E-state index >= 15 is 0 Å². The second-order valence-electron chi connectivity index (χ2n) is 7.32. The van der Waals surface area contributed by atoms with Crippen molar-refractivity contribution in [2.45, 2.75) is 75.7 Å². The zero-order chi connectivity index (χ0) is 19.4. The Morgan fingerprint density at radius 2 is 1.54 bits per heavy atom. The summed E-state index contributed by atoms with van der Waals surface area (Å²) >= 11 is 0. The van der Waals surface area contributed by atoms with Gasteiger partial charge in [0.2, 0.25) is 0 Å². The third-order valence-corrected chi connectivity index (χ3v) is 5.27. The van der Waals surface area contributed by atoms with Gasteiger partial charge in [-0.1, -0.05) is 6.08 Å². The molecular formula is C18H25F5O3. The molecule has 0 aliphatic heterocycles. The van der Waals surface area contributed by atoms with Gasteiger partial charge >= 0.3 is 12.1 Å². The molecule has 8 heteroatoms. The quantitative estimate of drug-likeness (QED) is 0.544. The summed E-state index contributed by atoms with van der Waals surface area (Å²) in [6.45, 7) is -1.65. The zero-order valence-electron chi connectivity index (χ0n) is 14.5. The van der Waals surface area contributed by atoms with Gasteiger partial charge in [-0.2, -0.15) is 22.0 Å². The largest absolute Gasteiger partial charge is 0.455 e. The van der Waals surface area contributed by atoms with Crippen LogP contribution in [0.3, 0.4) is 0 Å². The van der Waals surface area contributed by atoms with E-state index in [9.17, 15) is 31.9 Å². The second kappa shape index (κ2) is 8.78. The number of ether oxygens (including phenoxy) is 1. The highest BCUT2D eigenvalue weighted by Crippen LogP contribution is 2.37. The number of alkyl halides is 5. The van der Waals surface area contributed by atoms with E-state index in [2.05, 4.69) is 0 Å². The predicted molar refractivity (Wildman–Crippen MR) is 84.8 cm³/mol. The number of ketones is 1. The van der Waals surface area contributed by atoms with E-state index in [0.717, 1.165) is 0 Å². The van der Waals surface area contributed by atoms with Crippen LogP contribution in [-0.4, -0.2) is 41.8 Å². The van der Waals surface area contributed by atoms with E-state index in [4.69, 9.17) is 4.74 Å². The first-order valence-corrected chi connectivity index (χ1v) is 9.05. The van der Waals surface area contributed by atoms with Crippen molar-refractivity contribution in [2.24, 2.45) is 11.8 Å². The van der Waals surface area contributed by atoms with Crippen molar-refractivity contribution in [1.82, 2.24) is 0 Å². The van der Waals surface area contributed by atoms with Crippen molar-refractivity contribution in [3.05, 3.63) is 12.2 Å². The van der Waals surface area contributed by atoms with Gasteiger partial charge in [0.05, 0.1) is 12.2 Å². The number of hydrogen-bond donors (Lipinski definition) is 1. The van der Waals surface area contributed by atoms with Crippen molar-refractivity contribution in [3.63, 3.8) is 0 Å². The molecule has 0 saturated heterocycles. The normalized spacial score (nSPS) is 31.3. The van der Waals surface area contributed by atoms with Crippen LogP contribution in [0.2, 0.25) is 0 Å². The molecule has 1 N–H and O–H groups in total. The summed E-state index contributed by atoms with van der Waals surface area (Å²) in [5, 5.41) is 9.46. The van der Waals surface area contributed by atoms with Crippen molar-refractivity contribution in [2.75, 3.05) is 6.61 Å². The Bertz CT molecular complexity index is 488. The fourth-order valence-corrected chi connectivity index (χ4v) is 3.48. The van der Waals surface area contributed by atoms with E-state index in [1.165, 1.54) is 0 Å². The van der Waals surface area contributed by atoms with Gasteiger partial charge in [-0.3, -0.25) is 4.79 Å². The molecule has 3 nitrogen and oxygen atoms in total. The van der Waals surface area contributed by atoms with Crippen LogP contribution < -0.4 is 0 Å². The molecule has 0 unspecified atom stereocenters. The van der Waals surface area contributed by atoms with E-state index < -0.39 is 24.8 Å². The summed E-state index contributed by atoms with van der Waals surface area (Å²) in [6.07, 6.45) is 1.46. The fraction of sp³-hybridized carbons (Fsp3) is 0.833. The second-order valence-corrected chi connectivity index (χ2v) is 7.32. The van der Waals surface area contributed by atoms with Gasteiger partial charge < -0.3 is 9.84 Å². The SMILES string of the molecule is O=C(/C=C/C1CCC(OCC(F)(F)C(F)(F)F)CC1)C1CCC(O)CC1. The predicted octanol–water partition coefficient (Wildman–Crippen LogP) is 4.44. The van der Waals surface area contributed by atoms with Crippen LogP contribution in [0.1, 0.15) is 51.4 Å². The van der Waals surface area contributed by atoms with Gasteiger partial charge in [-0.15, -0.1) is 0 Å². The lowest BCUT2D eigenvalue weighted by Gasteiger charge is -2.29. The maximum absolute atomic E-state index is 12.9. The molecule has 0 heterocycles. The van der Waals surface area contributed by atoms with Crippen LogP contribution in [0.4, 0.5) is 22.0 Å². The van der Waals surface area contributed by atoms with Crippen molar-refractivity contribution >= 4 is 5.78 Å². The minimum atomic E-state index is -5.59. The Balaban J connectivity index is 1.70. The van der Waals surface area contributed by atoms with Crippen molar-refractivity contribution in [3.8, 4) is 0 Å². The maximum atomic E-state index is 12.9. The summed E-state index contributed by atoms with van der Waals surface area (Å²) in [6, 6.07) is 0. The van der Waals surface area contributed by atoms with E-state index in [0.29, 0.717) is 51.4 Å². The Labute approximate surface area is 149 Å². The number of allylic oxidation sites excluding steroid dienone is 2. The average molecular weight is 384 g/mol. The van der Waals surface area contributed by atoms with Gasteiger partial charge in [-0.05, 0) is 63.4 Å². The van der Waals surface area contributed by atoms with Crippen LogP contribution in [0, 0.1) is 11.8 Å². The Morgan fingerprint density at radius 3 is 2.08 bits per heavy atom. The first-order valence-electron chi connectivity index (χ1n) is 9.05. The monoisotopic (exact) mass is 384 g/mol. The molecule has 2 saturated carbocycles. The van der Waals surface area contributed by atoms with E-state index in [-0.39, 0.29) is 23.7 Å². The molecule has 0 aromatic heterocycles. The molecule has 26 heavy (non-hydrogen) atoms. The molecule has 0 spiro atoms. The Hall–Kier alpha value is -1.02. The summed E-state index contributed by atoms with van der Waals surface area (Å²) in [5.41, 5.74) is 0. The minimum Gasteiger partial charge on any atom is -0.393 e. The third-order valence-electron chi connectivity index (χ3n) is 5.27. The Kier molecular flexibility index (Phi) is 7.19. The van der Waals surface area contributed by atoms with Crippen molar-refractivity contribution in [1.29, 1.82) is 0 Å². The van der Waals surface area contributed by atoms with E-state index in [1.54, 1.807) is 6.08 Å². The Morgan fingerprint density at radius 1 is 0.962 bits per heavy atom. The summed E-state index contributed by atoms with van der Waals surface area (Å²) < 4.78 is 66.8. The first kappa shape index (κ1) is 21.3. The first-order chi connectivity index (χ1) is 12.1.